The summed E-state index contributed by atoms with van der Waals surface area (Å²) in [5, 5.41) is 12.7. The molecule has 4 heterocycles. The van der Waals surface area contributed by atoms with Crippen molar-refractivity contribution in [3.05, 3.63) is 46.5 Å². The van der Waals surface area contributed by atoms with Crippen LogP contribution < -0.4 is 4.90 Å². The van der Waals surface area contributed by atoms with Gasteiger partial charge in [-0.1, -0.05) is 0 Å². The third kappa shape index (κ3) is 2.50. The van der Waals surface area contributed by atoms with E-state index in [9.17, 15) is 4.79 Å². The van der Waals surface area contributed by atoms with E-state index < -0.39 is 0 Å². The van der Waals surface area contributed by atoms with Crippen LogP contribution in [0.4, 0.5) is 5.82 Å². The van der Waals surface area contributed by atoms with Gasteiger partial charge in [-0.15, -0.1) is 15.3 Å². The van der Waals surface area contributed by atoms with Gasteiger partial charge in [0.05, 0.1) is 12.7 Å². The zero-order chi connectivity index (χ0) is 17.6. The van der Waals surface area contributed by atoms with Crippen LogP contribution in [0, 0.1) is 13.8 Å². The van der Waals surface area contributed by atoms with Crippen molar-refractivity contribution in [3.63, 3.8) is 0 Å². The summed E-state index contributed by atoms with van der Waals surface area (Å²) >= 11 is 0. The number of fused-ring (bicyclic) bond motifs is 2. The fraction of sp³-hybridized carbons (Fsp3) is 0.353. The minimum atomic E-state index is -0.372. The predicted molar refractivity (Wildman–Crippen MR) is 90.6 cm³/mol. The predicted octanol–water partition coefficient (Wildman–Crippen LogP) is 1.49. The Hall–Kier alpha value is -3.03. The molecular formula is C17H18N6O2. The zero-order valence-electron chi connectivity index (χ0n) is 14.4. The summed E-state index contributed by atoms with van der Waals surface area (Å²) < 4.78 is 6.50. The molecule has 0 radical (unpaired) electrons. The van der Waals surface area contributed by atoms with Crippen molar-refractivity contribution in [1.82, 2.24) is 24.8 Å². The Morgan fingerprint density at radius 1 is 1.28 bits per heavy atom. The van der Waals surface area contributed by atoms with Crippen molar-refractivity contribution in [2.24, 2.45) is 0 Å². The topological polar surface area (TPSA) is 85.5 Å². The summed E-state index contributed by atoms with van der Waals surface area (Å²) in [6, 6.07) is 1.86. The SMILES string of the molecule is COC(=O)c1cnc2c(c1)CN(c1nn3cnnc3c(C)c1C)CC2. The highest BCUT2D eigenvalue weighted by molar-refractivity contribution is 5.89. The minimum Gasteiger partial charge on any atom is -0.465 e. The Morgan fingerprint density at radius 2 is 2.12 bits per heavy atom. The maximum atomic E-state index is 11.8. The Kier molecular flexibility index (Phi) is 3.60. The standard InChI is InChI=1S/C17H18N6O2/c1-10-11(2)16(21-23-9-19-20-15(10)23)22-5-4-14-13(8-22)6-12(7-18-14)17(24)25-3/h6-7,9H,4-5,8H2,1-3H3. The fourth-order valence-corrected chi connectivity index (χ4v) is 3.20. The third-order valence-corrected chi connectivity index (χ3v) is 4.73. The average Bonchev–Trinajstić information content (AvgIpc) is 3.12. The number of aryl methyl sites for hydroxylation is 1. The van der Waals surface area contributed by atoms with E-state index in [4.69, 9.17) is 4.74 Å². The molecule has 0 saturated carbocycles. The molecule has 0 atom stereocenters. The van der Waals surface area contributed by atoms with Crippen LogP contribution in [0.5, 0.6) is 0 Å². The van der Waals surface area contributed by atoms with E-state index in [-0.39, 0.29) is 5.97 Å². The van der Waals surface area contributed by atoms with E-state index in [0.717, 1.165) is 46.8 Å². The quantitative estimate of drug-likeness (QED) is 0.654. The van der Waals surface area contributed by atoms with Crippen LogP contribution in [-0.2, 0) is 17.7 Å². The number of nitrogens with zero attached hydrogens (tertiary/aromatic N) is 6. The van der Waals surface area contributed by atoms with Gasteiger partial charge in [0.25, 0.3) is 0 Å². The molecule has 0 aromatic carbocycles. The second-order valence-corrected chi connectivity index (χ2v) is 6.17. The van der Waals surface area contributed by atoms with Crippen LogP contribution in [-0.4, -0.2) is 44.4 Å². The molecule has 0 saturated heterocycles. The van der Waals surface area contributed by atoms with Gasteiger partial charge in [0.2, 0.25) is 0 Å². The molecule has 3 aromatic rings. The number of ether oxygens (including phenoxy) is 1. The molecular weight excluding hydrogens is 320 g/mol. The number of methoxy groups -OCH3 is 1. The highest BCUT2D eigenvalue weighted by Gasteiger charge is 2.23. The van der Waals surface area contributed by atoms with Crippen LogP contribution in [0.25, 0.3) is 5.65 Å². The van der Waals surface area contributed by atoms with E-state index in [0.29, 0.717) is 12.1 Å². The number of anilines is 1. The number of rotatable bonds is 2. The molecule has 0 unspecified atom stereocenters. The zero-order valence-corrected chi connectivity index (χ0v) is 14.4. The molecule has 1 aliphatic rings. The van der Waals surface area contributed by atoms with E-state index in [1.54, 1.807) is 17.0 Å². The second-order valence-electron chi connectivity index (χ2n) is 6.17. The normalized spacial score (nSPS) is 13.8. The fourth-order valence-electron chi connectivity index (χ4n) is 3.20. The molecule has 8 nitrogen and oxygen atoms in total. The molecule has 128 valence electrons. The molecule has 3 aromatic heterocycles. The molecule has 0 N–H and O–H groups in total. The van der Waals surface area contributed by atoms with E-state index in [1.807, 2.05) is 19.9 Å². The summed E-state index contributed by atoms with van der Waals surface area (Å²) in [5.41, 5.74) is 5.43. The van der Waals surface area contributed by atoms with Gasteiger partial charge in [0.1, 0.15) is 6.33 Å². The van der Waals surface area contributed by atoms with E-state index in [2.05, 4.69) is 25.2 Å². The number of carbonyl (C=O) groups is 1. The van der Waals surface area contributed by atoms with Gasteiger partial charge < -0.3 is 9.64 Å². The monoisotopic (exact) mass is 338 g/mol. The first-order valence-electron chi connectivity index (χ1n) is 8.06. The molecule has 0 bridgehead atoms. The molecule has 0 fully saturated rings. The maximum Gasteiger partial charge on any atom is 0.339 e. The number of aromatic nitrogens is 5. The number of pyridine rings is 1. The first kappa shape index (κ1) is 15.5. The number of esters is 1. The lowest BCUT2D eigenvalue weighted by atomic mass is 10.0. The first-order chi connectivity index (χ1) is 12.1. The molecule has 0 amide bonds. The van der Waals surface area contributed by atoms with Gasteiger partial charge in [-0.3, -0.25) is 4.98 Å². The molecule has 0 spiro atoms. The lowest BCUT2D eigenvalue weighted by Gasteiger charge is -2.30. The summed E-state index contributed by atoms with van der Waals surface area (Å²) in [7, 11) is 1.37. The van der Waals surface area contributed by atoms with Crippen LogP contribution in [0.15, 0.2) is 18.6 Å². The summed E-state index contributed by atoms with van der Waals surface area (Å²) in [4.78, 5) is 18.4. The molecule has 1 aliphatic heterocycles. The Balaban J connectivity index is 1.73. The molecule has 8 heteroatoms. The van der Waals surface area contributed by atoms with Crippen molar-refractivity contribution < 1.29 is 9.53 Å². The minimum absolute atomic E-state index is 0.372. The van der Waals surface area contributed by atoms with Gasteiger partial charge in [0.15, 0.2) is 11.5 Å². The van der Waals surface area contributed by atoms with Crippen molar-refractivity contribution in [1.29, 1.82) is 0 Å². The van der Waals surface area contributed by atoms with Crippen molar-refractivity contribution >= 4 is 17.4 Å². The molecule has 4 rings (SSSR count). The maximum absolute atomic E-state index is 11.8. The molecule has 0 aliphatic carbocycles. The Bertz CT molecular complexity index is 981. The van der Waals surface area contributed by atoms with Crippen LogP contribution in [0.2, 0.25) is 0 Å². The smallest absolute Gasteiger partial charge is 0.339 e. The highest BCUT2D eigenvalue weighted by atomic mass is 16.5. The summed E-state index contributed by atoms with van der Waals surface area (Å²) in [6.07, 6.45) is 3.99. The lowest BCUT2D eigenvalue weighted by Crippen LogP contribution is -2.33. The average molecular weight is 338 g/mol. The largest absolute Gasteiger partial charge is 0.465 e. The van der Waals surface area contributed by atoms with Gasteiger partial charge in [-0.05, 0) is 25.5 Å². The van der Waals surface area contributed by atoms with Crippen LogP contribution >= 0.6 is 0 Å². The van der Waals surface area contributed by atoms with Crippen molar-refractivity contribution in [3.8, 4) is 0 Å². The Labute approximate surface area is 144 Å². The number of hydrogen-bond acceptors (Lipinski definition) is 7. The number of hydrogen-bond donors (Lipinski definition) is 0. The Morgan fingerprint density at radius 3 is 2.92 bits per heavy atom. The number of carbonyl (C=O) groups excluding carboxylic acids is 1. The van der Waals surface area contributed by atoms with E-state index in [1.165, 1.54) is 7.11 Å². The van der Waals surface area contributed by atoms with Gasteiger partial charge >= 0.3 is 5.97 Å². The third-order valence-electron chi connectivity index (χ3n) is 4.73. The van der Waals surface area contributed by atoms with Crippen LogP contribution in [0.1, 0.15) is 32.7 Å². The van der Waals surface area contributed by atoms with Crippen molar-refractivity contribution in [2.45, 2.75) is 26.8 Å². The summed E-state index contributed by atoms with van der Waals surface area (Å²) in [5.74, 6) is 0.530. The van der Waals surface area contributed by atoms with Gasteiger partial charge in [-0.25, -0.2) is 4.79 Å². The van der Waals surface area contributed by atoms with Crippen LogP contribution in [0.3, 0.4) is 0 Å². The van der Waals surface area contributed by atoms with Crippen molar-refractivity contribution in [2.75, 3.05) is 18.6 Å². The first-order valence-corrected chi connectivity index (χ1v) is 8.06. The van der Waals surface area contributed by atoms with Gasteiger partial charge in [0, 0.05) is 42.5 Å². The lowest BCUT2D eigenvalue weighted by molar-refractivity contribution is 0.0600. The molecule has 25 heavy (non-hydrogen) atoms. The van der Waals surface area contributed by atoms with Gasteiger partial charge in [-0.2, -0.15) is 4.52 Å². The van der Waals surface area contributed by atoms with E-state index >= 15 is 0 Å². The summed E-state index contributed by atoms with van der Waals surface area (Å²) in [6.45, 7) is 5.54. The highest BCUT2D eigenvalue weighted by Crippen LogP contribution is 2.27. The second kappa shape index (κ2) is 5.80.